The first-order valence-electron chi connectivity index (χ1n) is 8.03. The molecular formula is C17H28N2O. The van der Waals surface area contributed by atoms with Crippen molar-refractivity contribution in [2.75, 3.05) is 6.61 Å². The Balaban J connectivity index is 2.06. The molecular weight excluding hydrogens is 248 g/mol. The number of rotatable bonds is 6. The Hall–Kier alpha value is -1.06. The average Bonchev–Trinajstić information content (AvgIpc) is 2.74. The van der Waals surface area contributed by atoms with Crippen molar-refractivity contribution >= 4 is 0 Å². The zero-order valence-corrected chi connectivity index (χ0v) is 12.6. The molecule has 0 amide bonds. The zero-order chi connectivity index (χ0) is 14.2. The predicted octanol–water partition coefficient (Wildman–Crippen LogP) is 3.95. The van der Waals surface area contributed by atoms with Crippen LogP contribution in [0.3, 0.4) is 0 Å². The minimum Gasteiger partial charge on any atom is -0.494 e. The van der Waals surface area contributed by atoms with Gasteiger partial charge in [-0.25, -0.2) is 0 Å². The van der Waals surface area contributed by atoms with Gasteiger partial charge in [-0.1, -0.05) is 56.7 Å². The van der Waals surface area contributed by atoms with Gasteiger partial charge in [0.25, 0.3) is 0 Å². The second-order valence-electron chi connectivity index (χ2n) is 5.78. The summed E-state index contributed by atoms with van der Waals surface area (Å²) in [6.45, 7) is 2.71. The summed E-state index contributed by atoms with van der Waals surface area (Å²) in [7, 11) is 0. The first kappa shape index (κ1) is 15.3. The molecule has 0 aromatic heterocycles. The fourth-order valence-corrected chi connectivity index (χ4v) is 3.27. The Labute approximate surface area is 122 Å². The summed E-state index contributed by atoms with van der Waals surface area (Å²) >= 11 is 0. The summed E-state index contributed by atoms with van der Waals surface area (Å²) in [6, 6.07) is 8.45. The van der Waals surface area contributed by atoms with Crippen molar-refractivity contribution in [1.29, 1.82) is 0 Å². The van der Waals surface area contributed by atoms with E-state index >= 15 is 0 Å². The van der Waals surface area contributed by atoms with E-state index in [0.717, 1.165) is 18.1 Å². The highest BCUT2D eigenvalue weighted by molar-refractivity contribution is 5.35. The Morgan fingerprint density at radius 2 is 1.90 bits per heavy atom. The van der Waals surface area contributed by atoms with Crippen LogP contribution in [0.25, 0.3) is 0 Å². The van der Waals surface area contributed by atoms with E-state index in [4.69, 9.17) is 10.6 Å². The zero-order valence-electron chi connectivity index (χ0n) is 12.6. The maximum atomic E-state index is 5.82. The first-order chi connectivity index (χ1) is 9.85. The molecule has 1 aliphatic rings. The summed E-state index contributed by atoms with van der Waals surface area (Å²) in [5.74, 6) is 7.57. The van der Waals surface area contributed by atoms with Gasteiger partial charge in [0.15, 0.2) is 0 Å². The standard InChI is InChI=1S/C17H28N2O/c1-2-20-17-12-8-7-11-15(17)16(19-18)13-14-9-5-3-4-6-10-14/h7-8,11-12,14,16,19H,2-6,9-10,13,18H2,1H3. The third-order valence-electron chi connectivity index (χ3n) is 4.34. The number of nitrogens with one attached hydrogen (secondary N) is 1. The highest BCUT2D eigenvalue weighted by Crippen LogP contribution is 2.34. The molecule has 2 rings (SSSR count). The Bertz CT molecular complexity index is 386. The van der Waals surface area contributed by atoms with Gasteiger partial charge in [0.2, 0.25) is 0 Å². The molecule has 3 N–H and O–H groups in total. The summed E-state index contributed by atoms with van der Waals surface area (Å²) in [4.78, 5) is 0. The summed E-state index contributed by atoms with van der Waals surface area (Å²) in [5, 5.41) is 0. The van der Waals surface area contributed by atoms with E-state index in [1.54, 1.807) is 0 Å². The van der Waals surface area contributed by atoms with Crippen molar-refractivity contribution in [3.05, 3.63) is 29.8 Å². The molecule has 1 fully saturated rings. The van der Waals surface area contributed by atoms with Gasteiger partial charge in [-0.3, -0.25) is 11.3 Å². The lowest BCUT2D eigenvalue weighted by Gasteiger charge is -2.24. The lowest BCUT2D eigenvalue weighted by atomic mass is 9.89. The number of hydrogen-bond acceptors (Lipinski definition) is 3. The largest absolute Gasteiger partial charge is 0.494 e. The van der Waals surface area contributed by atoms with Crippen LogP contribution in [0.5, 0.6) is 5.75 Å². The molecule has 3 nitrogen and oxygen atoms in total. The Morgan fingerprint density at radius 3 is 2.55 bits per heavy atom. The maximum Gasteiger partial charge on any atom is 0.124 e. The molecule has 3 heteroatoms. The molecule has 0 saturated heterocycles. The van der Waals surface area contributed by atoms with Crippen molar-refractivity contribution < 1.29 is 4.74 Å². The molecule has 1 unspecified atom stereocenters. The van der Waals surface area contributed by atoms with Crippen molar-refractivity contribution in [3.8, 4) is 5.75 Å². The number of ether oxygens (including phenoxy) is 1. The second kappa shape index (κ2) is 8.28. The van der Waals surface area contributed by atoms with Crippen molar-refractivity contribution in [2.24, 2.45) is 11.8 Å². The van der Waals surface area contributed by atoms with Crippen LogP contribution in [0.4, 0.5) is 0 Å². The molecule has 0 heterocycles. The van der Waals surface area contributed by atoms with Crippen LogP contribution in [0.1, 0.15) is 63.5 Å². The number of hydrazine groups is 1. The van der Waals surface area contributed by atoms with Crippen LogP contribution in [0.2, 0.25) is 0 Å². The minimum absolute atomic E-state index is 0.195. The molecule has 1 saturated carbocycles. The molecule has 1 aromatic rings. The van der Waals surface area contributed by atoms with Crippen LogP contribution >= 0.6 is 0 Å². The lowest BCUT2D eigenvalue weighted by Crippen LogP contribution is -2.30. The van der Waals surface area contributed by atoms with Crippen LogP contribution in [-0.4, -0.2) is 6.61 Å². The third kappa shape index (κ3) is 4.22. The Morgan fingerprint density at radius 1 is 1.20 bits per heavy atom. The van der Waals surface area contributed by atoms with Gasteiger partial charge in [-0.15, -0.1) is 0 Å². The van der Waals surface area contributed by atoms with Gasteiger partial charge in [-0.2, -0.15) is 0 Å². The molecule has 20 heavy (non-hydrogen) atoms. The Kier molecular flexibility index (Phi) is 6.34. The summed E-state index contributed by atoms with van der Waals surface area (Å²) in [5.41, 5.74) is 4.20. The maximum absolute atomic E-state index is 5.82. The molecule has 0 bridgehead atoms. The van der Waals surface area contributed by atoms with Gasteiger partial charge in [0.05, 0.1) is 6.61 Å². The van der Waals surface area contributed by atoms with Crippen molar-refractivity contribution in [1.82, 2.24) is 5.43 Å². The lowest BCUT2D eigenvalue weighted by molar-refractivity contribution is 0.317. The minimum atomic E-state index is 0.195. The molecule has 1 aromatic carbocycles. The van der Waals surface area contributed by atoms with E-state index in [2.05, 4.69) is 17.6 Å². The number of benzene rings is 1. The van der Waals surface area contributed by atoms with E-state index in [1.807, 2.05) is 19.1 Å². The normalized spacial score (nSPS) is 18.5. The van der Waals surface area contributed by atoms with Crippen LogP contribution < -0.4 is 16.0 Å². The molecule has 1 aliphatic carbocycles. The summed E-state index contributed by atoms with van der Waals surface area (Å²) in [6.07, 6.45) is 9.33. The van der Waals surface area contributed by atoms with E-state index < -0.39 is 0 Å². The summed E-state index contributed by atoms with van der Waals surface area (Å²) < 4.78 is 5.74. The van der Waals surface area contributed by atoms with E-state index in [9.17, 15) is 0 Å². The molecule has 112 valence electrons. The highest BCUT2D eigenvalue weighted by Gasteiger charge is 2.21. The SMILES string of the molecule is CCOc1ccccc1C(CC1CCCCCC1)NN. The average molecular weight is 276 g/mol. The van der Waals surface area contributed by atoms with Gasteiger partial charge in [-0.05, 0) is 25.3 Å². The predicted molar refractivity (Wildman–Crippen MR) is 83.5 cm³/mol. The van der Waals surface area contributed by atoms with Crippen LogP contribution in [0.15, 0.2) is 24.3 Å². The number of hydrogen-bond donors (Lipinski definition) is 2. The van der Waals surface area contributed by atoms with Gasteiger partial charge < -0.3 is 4.74 Å². The van der Waals surface area contributed by atoms with Gasteiger partial charge >= 0.3 is 0 Å². The van der Waals surface area contributed by atoms with E-state index in [0.29, 0.717) is 6.61 Å². The van der Waals surface area contributed by atoms with Crippen LogP contribution in [-0.2, 0) is 0 Å². The van der Waals surface area contributed by atoms with Crippen molar-refractivity contribution in [3.63, 3.8) is 0 Å². The van der Waals surface area contributed by atoms with Crippen LogP contribution in [0, 0.1) is 5.92 Å². The molecule has 0 aliphatic heterocycles. The fourth-order valence-electron chi connectivity index (χ4n) is 3.27. The number of nitrogens with two attached hydrogens (primary N) is 1. The smallest absolute Gasteiger partial charge is 0.124 e. The second-order valence-corrected chi connectivity index (χ2v) is 5.78. The van der Waals surface area contributed by atoms with Crippen molar-refractivity contribution in [2.45, 2.75) is 57.9 Å². The monoisotopic (exact) mass is 276 g/mol. The number of para-hydroxylation sites is 1. The van der Waals surface area contributed by atoms with E-state index in [1.165, 1.54) is 44.1 Å². The third-order valence-corrected chi connectivity index (χ3v) is 4.34. The molecule has 1 atom stereocenters. The van der Waals surface area contributed by atoms with E-state index in [-0.39, 0.29) is 6.04 Å². The molecule has 0 spiro atoms. The topological polar surface area (TPSA) is 47.3 Å². The highest BCUT2D eigenvalue weighted by atomic mass is 16.5. The fraction of sp³-hybridized carbons (Fsp3) is 0.647. The first-order valence-corrected chi connectivity index (χ1v) is 8.03. The van der Waals surface area contributed by atoms with Gasteiger partial charge in [0, 0.05) is 11.6 Å². The van der Waals surface area contributed by atoms with Gasteiger partial charge in [0.1, 0.15) is 5.75 Å². The molecule has 0 radical (unpaired) electrons. The quantitative estimate of drug-likeness (QED) is 0.470.